The van der Waals surface area contributed by atoms with Crippen molar-refractivity contribution in [2.75, 3.05) is 11.9 Å². The summed E-state index contributed by atoms with van der Waals surface area (Å²) in [7, 11) is 0. The molecule has 64 valence electrons. The number of nitrogens with one attached hydrogen (secondary N) is 1. The van der Waals surface area contributed by atoms with Gasteiger partial charge in [-0.15, -0.1) is 0 Å². The first-order valence-corrected chi connectivity index (χ1v) is 4.32. The Balaban J connectivity index is 2.42. The summed E-state index contributed by atoms with van der Waals surface area (Å²) in [5.74, 6) is 1.04. The Morgan fingerprint density at radius 2 is 2.33 bits per heavy atom. The van der Waals surface area contributed by atoms with E-state index in [1.54, 1.807) is 6.07 Å². The molecule has 2 nitrogen and oxygen atoms in total. The van der Waals surface area contributed by atoms with Crippen LogP contribution in [0, 0.1) is 5.92 Å². The molecule has 0 saturated carbocycles. The summed E-state index contributed by atoms with van der Waals surface area (Å²) in [4.78, 5) is 0. The van der Waals surface area contributed by atoms with Crippen molar-refractivity contribution in [3.63, 3.8) is 0 Å². The van der Waals surface area contributed by atoms with Crippen molar-refractivity contribution in [1.29, 1.82) is 0 Å². The van der Waals surface area contributed by atoms with Crippen LogP contribution in [-0.4, -0.2) is 11.7 Å². The highest BCUT2D eigenvalue weighted by Gasteiger charge is 2.16. The van der Waals surface area contributed by atoms with Crippen molar-refractivity contribution in [2.45, 2.75) is 13.3 Å². The van der Waals surface area contributed by atoms with Crippen LogP contribution < -0.4 is 5.32 Å². The molecule has 2 heteroatoms. The average Bonchev–Trinajstić information content (AvgIpc) is 2.04. The highest BCUT2D eigenvalue weighted by Crippen LogP contribution is 2.32. The minimum Gasteiger partial charge on any atom is -0.506 e. The van der Waals surface area contributed by atoms with Gasteiger partial charge >= 0.3 is 0 Å². The molecule has 0 aromatic heterocycles. The highest BCUT2D eigenvalue weighted by atomic mass is 16.3. The van der Waals surface area contributed by atoms with E-state index in [4.69, 9.17) is 0 Å². The number of phenols is 1. The van der Waals surface area contributed by atoms with Gasteiger partial charge in [0.1, 0.15) is 5.75 Å². The predicted octanol–water partition coefficient (Wildman–Crippen LogP) is 2.00. The molecule has 0 radical (unpaired) electrons. The molecular weight excluding hydrogens is 150 g/mol. The van der Waals surface area contributed by atoms with Crippen LogP contribution in [0.4, 0.5) is 5.69 Å². The van der Waals surface area contributed by atoms with E-state index in [1.165, 1.54) is 5.56 Å². The predicted molar refractivity (Wildman–Crippen MR) is 49.5 cm³/mol. The molecule has 1 aromatic rings. The van der Waals surface area contributed by atoms with Crippen molar-refractivity contribution in [1.82, 2.24) is 0 Å². The quantitative estimate of drug-likeness (QED) is 0.573. The summed E-state index contributed by atoms with van der Waals surface area (Å²) in [6, 6.07) is 5.69. The van der Waals surface area contributed by atoms with Crippen molar-refractivity contribution < 1.29 is 5.11 Å². The number of benzene rings is 1. The Kier molecular flexibility index (Phi) is 1.68. The van der Waals surface area contributed by atoms with Gasteiger partial charge in [0.2, 0.25) is 0 Å². The van der Waals surface area contributed by atoms with Crippen LogP contribution in [0.2, 0.25) is 0 Å². The van der Waals surface area contributed by atoms with Gasteiger partial charge in [0.25, 0.3) is 0 Å². The topological polar surface area (TPSA) is 32.3 Å². The highest BCUT2D eigenvalue weighted by molar-refractivity contribution is 5.62. The molecule has 1 unspecified atom stereocenters. The Bertz CT molecular complexity index is 296. The summed E-state index contributed by atoms with van der Waals surface area (Å²) in [6.45, 7) is 3.17. The molecule has 12 heavy (non-hydrogen) atoms. The summed E-state index contributed by atoms with van der Waals surface area (Å²) >= 11 is 0. The van der Waals surface area contributed by atoms with Crippen molar-refractivity contribution >= 4 is 5.69 Å². The third kappa shape index (κ3) is 1.13. The maximum Gasteiger partial charge on any atom is 0.138 e. The Labute approximate surface area is 72.2 Å². The van der Waals surface area contributed by atoms with Crippen LogP contribution in [0.3, 0.4) is 0 Å². The molecule has 1 atom stereocenters. The number of hydrogen-bond acceptors (Lipinski definition) is 2. The number of anilines is 1. The molecular formula is C10H13NO. The fourth-order valence-electron chi connectivity index (χ4n) is 1.68. The largest absolute Gasteiger partial charge is 0.506 e. The van der Waals surface area contributed by atoms with Gasteiger partial charge in [0.15, 0.2) is 0 Å². The third-order valence-corrected chi connectivity index (χ3v) is 2.32. The zero-order chi connectivity index (χ0) is 8.55. The molecule has 0 saturated heterocycles. The van der Waals surface area contributed by atoms with Gasteiger partial charge in [0, 0.05) is 6.54 Å². The summed E-state index contributed by atoms with van der Waals surface area (Å²) in [5.41, 5.74) is 2.16. The maximum absolute atomic E-state index is 9.48. The molecule has 1 aliphatic heterocycles. The van der Waals surface area contributed by atoms with E-state index in [1.807, 2.05) is 6.07 Å². The number of para-hydroxylation sites is 1. The maximum atomic E-state index is 9.48. The zero-order valence-electron chi connectivity index (χ0n) is 7.17. The fourth-order valence-corrected chi connectivity index (χ4v) is 1.68. The van der Waals surface area contributed by atoms with E-state index < -0.39 is 0 Å². The van der Waals surface area contributed by atoms with Gasteiger partial charge in [-0.2, -0.15) is 0 Å². The van der Waals surface area contributed by atoms with E-state index in [9.17, 15) is 5.11 Å². The van der Waals surface area contributed by atoms with E-state index >= 15 is 0 Å². The molecule has 0 aliphatic carbocycles. The van der Waals surface area contributed by atoms with E-state index in [0.717, 1.165) is 18.7 Å². The molecule has 0 fully saturated rings. The van der Waals surface area contributed by atoms with Gasteiger partial charge in [-0.05, 0) is 24.0 Å². The van der Waals surface area contributed by atoms with Crippen LogP contribution >= 0.6 is 0 Å². The lowest BCUT2D eigenvalue weighted by atomic mass is 9.95. The van der Waals surface area contributed by atoms with E-state index in [-0.39, 0.29) is 0 Å². The number of phenolic OH excluding ortho intramolecular Hbond substituents is 1. The van der Waals surface area contributed by atoms with E-state index in [0.29, 0.717) is 11.7 Å². The second kappa shape index (κ2) is 2.70. The normalized spacial score (nSPS) is 21.2. The van der Waals surface area contributed by atoms with Crippen LogP contribution in [0.15, 0.2) is 18.2 Å². The Morgan fingerprint density at radius 1 is 1.50 bits per heavy atom. The Morgan fingerprint density at radius 3 is 3.17 bits per heavy atom. The lowest BCUT2D eigenvalue weighted by Crippen LogP contribution is -2.20. The standard InChI is InChI=1S/C10H13NO/c1-7-5-8-3-2-4-9(12)10(8)11-6-7/h2-4,7,11-12H,5-6H2,1H3. The fraction of sp³-hybridized carbons (Fsp3) is 0.400. The number of rotatable bonds is 0. The van der Waals surface area contributed by atoms with Crippen LogP contribution in [0.5, 0.6) is 5.75 Å². The minimum atomic E-state index is 0.374. The lowest BCUT2D eigenvalue weighted by Gasteiger charge is -2.23. The molecule has 0 spiro atoms. The van der Waals surface area contributed by atoms with Gasteiger partial charge in [-0.25, -0.2) is 0 Å². The van der Waals surface area contributed by atoms with Crippen molar-refractivity contribution in [2.24, 2.45) is 5.92 Å². The molecule has 1 aliphatic rings. The monoisotopic (exact) mass is 163 g/mol. The van der Waals surface area contributed by atoms with Crippen LogP contribution in [0.25, 0.3) is 0 Å². The first-order chi connectivity index (χ1) is 5.77. The first-order valence-electron chi connectivity index (χ1n) is 4.32. The summed E-state index contributed by atoms with van der Waals surface area (Å²) < 4.78 is 0. The van der Waals surface area contributed by atoms with Gasteiger partial charge in [-0.1, -0.05) is 19.1 Å². The third-order valence-electron chi connectivity index (χ3n) is 2.32. The van der Waals surface area contributed by atoms with E-state index in [2.05, 4.69) is 18.3 Å². The number of hydrogen-bond donors (Lipinski definition) is 2. The minimum absolute atomic E-state index is 0.374. The van der Waals surface area contributed by atoms with Gasteiger partial charge in [0.05, 0.1) is 5.69 Å². The Hall–Kier alpha value is -1.18. The smallest absolute Gasteiger partial charge is 0.138 e. The molecule has 0 bridgehead atoms. The lowest BCUT2D eigenvalue weighted by molar-refractivity contribution is 0.472. The summed E-state index contributed by atoms with van der Waals surface area (Å²) in [6.07, 6.45) is 1.07. The first kappa shape index (κ1) is 7.47. The molecule has 2 rings (SSSR count). The van der Waals surface area contributed by atoms with Crippen LogP contribution in [0.1, 0.15) is 12.5 Å². The zero-order valence-corrected chi connectivity index (χ0v) is 7.17. The molecule has 1 heterocycles. The molecule has 0 amide bonds. The van der Waals surface area contributed by atoms with Crippen molar-refractivity contribution in [3.05, 3.63) is 23.8 Å². The van der Waals surface area contributed by atoms with Crippen molar-refractivity contribution in [3.8, 4) is 5.75 Å². The number of aromatic hydroxyl groups is 1. The average molecular weight is 163 g/mol. The second-order valence-electron chi connectivity index (χ2n) is 3.50. The van der Waals surface area contributed by atoms with Gasteiger partial charge in [-0.3, -0.25) is 0 Å². The van der Waals surface area contributed by atoms with Gasteiger partial charge < -0.3 is 10.4 Å². The SMILES string of the molecule is CC1CNc2c(O)cccc2C1. The number of fused-ring (bicyclic) bond motifs is 1. The molecule has 2 N–H and O–H groups in total. The van der Waals surface area contributed by atoms with Crippen LogP contribution in [-0.2, 0) is 6.42 Å². The second-order valence-corrected chi connectivity index (χ2v) is 3.50. The summed E-state index contributed by atoms with van der Waals surface area (Å²) in [5, 5.41) is 12.7. The molecule has 1 aromatic carbocycles.